The van der Waals surface area contributed by atoms with Crippen LogP contribution in [0.5, 0.6) is 0 Å². The van der Waals surface area contributed by atoms with E-state index in [1.165, 1.54) is 16.7 Å². The molecule has 100 valence electrons. The second-order valence-corrected chi connectivity index (χ2v) is 6.60. The molecule has 3 heteroatoms. The molecule has 0 N–H and O–H groups in total. The van der Waals surface area contributed by atoms with Crippen molar-refractivity contribution in [3.63, 3.8) is 0 Å². The summed E-state index contributed by atoms with van der Waals surface area (Å²) in [4.78, 5) is 0.00870. The van der Waals surface area contributed by atoms with E-state index in [0.29, 0.717) is 5.56 Å². The topological polar surface area (TPSA) is 0 Å². The normalized spacial score (nSPS) is 12.5. The summed E-state index contributed by atoms with van der Waals surface area (Å²) >= 11 is 7.21. The molecular weight excluding hydrogens is 371 g/mol. The van der Waals surface area contributed by atoms with Gasteiger partial charge in [-0.25, -0.2) is 4.39 Å². The average Bonchev–Trinajstić information content (AvgIpc) is 2.36. The van der Waals surface area contributed by atoms with Crippen molar-refractivity contribution in [3.8, 4) is 0 Å². The van der Waals surface area contributed by atoms with Gasteiger partial charge in [-0.15, -0.1) is 0 Å². The summed E-state index contributed by atoms with van der Waals surface area (Å²) in [5.74, 6) is -0.159. The van der Waals surface area contributed by atoms with Gasteiger partial charge >= 0.3 is 0 Å². The number of rotatable bonds is 2. The Bertz CT molecular complexity index is 620. The van der Waals surface area contributed by atoms with E-state index in [1.54, 1.807) is 13.0 Å². The first-order chi connectivity index (χ1) is 8.90. The predicted octanol–water partition coefficient (Wildman–Crippen LogP) is 6.00. The second-order valence-electron chi connectivity index (χ2n) is 4.83. The lowest BCUT2D eigenvalue weighted by Gasteiger charge is -2.16. The molecule has 2 aromatic carbocycles. The molecule has 1 unspecified atom stereocenters. The zero-order valence-corrected chi connectivity index (χ0v) is 14.3. The molecule has 0 aliphatic carbocycles. The molecule has 0 saturated heterocycles. The van der Waals surface area contributed by atoms with E-state index in [2.05, 4.69) is 57.8 Å². The maximum Gasteiger partial charge on any atom is 0.126 e. The molecule has 1 atom stereocenters. The van der Waals surface area contributed by atoms with Crippen LogP contribution < -0.4 is 0 Å². The minimum atomic E-state index is -0.159. The lowest BCUT2D eigenvalue weighted by molar-refractivity contribution is 0.616. The van der Waals surface area contributed by atoms with Crippen LogP contribution in [0, 0.1) is 26.6 Å². The highest BCUT2D eigenvalue weighted by Gasteiger charge is 2.15. The molecule has 0 radical (unpaired) electrons. The van der Waals surface area contributed by atoms with Gasteiger partial charge in [0.2, 0.25) is 0 Å². The van der Waals surface area contributed by atoms with Gasteiger partial charge in [0.25, 0.3) is 0 Å². The fourth-order valence-electron chi connectivity index (χ4n) is 2.02. The van der Waals surface area contributed by atoms with Crippen molar-refractivity contribution in [2.45, 2.75) is 25.6 Å². The Kier molecular flexibility index (Phi) is 4.46. The Morgan fingerprint density at radius 1 is 0.947 bits per heavy atom. The molecular formula is C16H15Br2F. The number of aryl methyl sites for hydroxylation is 3. The minimum absolute atomic E-state index is 0.00870. The van der Waals surface area contributed by atoms with E-state index < -0.39 is 0 Å². The molecule has 0 aromatic heterocycles. The molecule has 0 heterocycles. The van der Waals surface area contributed by atoms with E-state index >= 15 is 0 Å². The molecule has 0 fully saturated rings. The third-order valence-corrected chi connectivity index (χ3v) is 5.19. The van der Waals surface area contributed by atoms with E-state index in [9.17, 15) is 4.39 Å². The molecule has 0 bridgehead atoms. The highest BCUT2D eigenvalue weighted by atomic mass is 79.9. The van der Waals surface area contributed by atoms with Gasteiger partial charge in [0, 0.05) is 4.47 Å². The summed E-state index contributed by atoms with van der Waals surface area (Å²) in [6, 6.07) is 9.63. The van der Waals surface area contributed by atoms with Gasteiger partial charge in [0.05, 0.1) is 4.83 Å². The van der Waals surface area contributed by atoms with Crippen LogP contribution in [0.25, 0.3) is 0 Å². The van der Waals surface area contributed by atoms with Gasteiger partial charge in [-0.1, -0.05) is 50.1 Å². The summed E-state index contributed by atoms with van der Waals surface area (Å²) in [5.41, 5.74) is 5.14. The Morgan fingerprint density at radius 3 is 2.26 bits per heavy atom. The standard InChI is InChI=1S/C16H15Br2F/c1-9-4-5-12(8-15(9)19)16(18)13-6-11(3)14(17)7-10(13)2/h4-8,16H,1-3H3. The lowest BCUT2D eigenvalue weighted by atomic mass is 9.98. The molecule has 0 saturated carbocycles. The average molecular weight is 386 g/mol. The maximum absolute atomic E-state index is 13.7. The van der Waals surface area contributed by atoms with Gasteiger partial charge < -0.3 is 0 Å². The van der Waals surface area contributed by atoms with Gasteiger partial charge in [0.15, 0.2) is 0 Å². The number of hydrogen-bond donors (Lipinski definition) is 0. The Morgan fingerprint density at radius 2 is 1.63 bits per heavy atom. The molecule has 0 nitrogen and oxygen atoms in total. The van der Waals surface area contributed by atoms with E-state index in [1.807, 2.05) is 12.1 Å². The first kappa shape index (κ1) is 14.7. The molecule has 0 amide bonds. The summed E-state index contributed by atoms with van der Waals surface area (Å²) in [6.45, 7) is 5.90. The summed E-state index contributed by atoms with van der Waals surface area (Å²) in [5, 5.41) is 0. The van der Waals surface area contributed by atoms with Gasteiger partial charge in [-0.2, -0.15) is 0 Å². The SMILES string of the molecule is Cc1ccc(C(Br)c2cc(C)c(Br)cc2C)cc1F. The number of alkyl halides is 1. The molecule has 19 heavy (non-hydrogen) atoms. The molecule has 0 aliphatic rings. The lowest BCUT2D eigenvalue weighted by Crippen LogP contribution is -1.98. The first-order valence-electron chi connectivity index (χ1n) is 6.07. The van der Waals surface area contributed by atoms with Crippen LogP contribution >= 0.6 is 31.9 Å². The zero-order chi connectivity index (χ0) is 14.2. The largest absolute Gasteiger partial charge is 0.207 e. The van der Waals surface area contributed by atoms with Crippen LogP contribution in [-0.2, 0) is 0 Å². The van der Waals surface area contributed by atoms with Gasteiger partial charge in [0.1, 0.15) is 5.82 Å². The van der Waals surface area contributed by atoms with Crippen molar-refractivity contribution in [2.24, 2.45) is 0 Å². The van der Waals surface area contributed by atoms with Crippen molar-refractivity contribution < 1.29 is 4.39 Å². The van der Waals surface area contributed by atoms with E-state index in [-0.39, 0.29) is 10.6 Å². The highest BCUT2D eigenvalue weighted by molar-refractivity contribution is 9.10. The minimum Gasteiger partial charge on any atom is -0.207 e. The van der Waals surface area contributed by atoms with E-state index in [0.717, 1.165) is 10.0 Å². The Balaban J connectivity index is 2.46. The van der Waals surface area contributed by atoms with Crippen LogP contribution in [0.15, 0.2) is 34.8 Å². The zero-order valence-electron chi connectivity index (χ0n) is 11.1. The molecule has 0 aliphatic heterocycles. The highest BCUT2D eigenvalue weighted by Crippen LogP contribution is 2.35. The summed E-state index contributed by atoms with van der Waals surface area (Å²) < 4.78 is 14.8. The van der Waals surface area contributed by atoms with Crippen molar-refractivity contribution in [1.82, 2.24) is 0 Å². The van der Waals surface area contributed by atoms with Crippen molar-refractivity contribution in [2.75, 3.05) is 0 Å². The first-order valence-corrected chi connectivity index (χ1v) is 7.77. The predicted molar refractivity (Wildman–Crippen MR) is 85.5 cm³/mol. The Hall–Kier alpha value is -0.670. The number of hydrogen-bond acceptors (Lipinski definition) is 0. The molecule has 0 spiro atoms. The fourth-order valence-corrected chi connectivity index (χ4v) is 3.26. The van der Waals surface area contributed by atoms with Crippen molar-refractivity contribution >= 4 is 31.9 Å². The third-order valence-electron chi connectivity index (χ3n) is 3.31. The quantitative estimate of drug-likeness (QED) is 0.556. The van der Waals surface area contributed by atoms with Gasteiger partial charge in [-0.05, 0) is 60.7 Å². The summed E-state index contributed by atoms with van der Waals surface area (Å²) in [7, 11) is 0. The third kappa shape index (κ3) is 3.09. The summed E-state index contributed by atoms with van der Waals surface area (Å²) in [6.07, 6.45) is 0. The van der Waals surface area contributed by atoms with Crippen LogP contribution in [0.3, 0.4) is 0 Å². The maximum atomic E-state index is 13.7. The number of halogens is 3. The second kappa shape index (κ2) is 5.76. The smallest absolute Gasteiger partial charge is 0.126 e. The number of benzene rings is 2. The van der Waals surface area contributed by atoms with Crippen LogP contribution in [0.1, 0.15) is 32.6 Å². The van der Waals surface area contributed by atoms with Gasteiger partial charge in [-0.3, -0.25) is 0 Å². The van der Waals surface area contributed by atoms with Crippen molar-refractivity contribution in [1.29, 1.82) is 0 Å². The van der Waals surface area contributed by atoms with Crippen molar-refractivity contribution in [3.05, 3.63) is 68.4 Å². The fraction of sp³-hybridized carbons (Fsp3) is 0.250. The van der Waals surface area contributed by atoms with E-state index in [4.69, 9.17) is 0 Å². The molecule has 2 aromatic rings. The monoisotopic (exact) mass is 384 g/mol. The molecule has 2 rings (SSSR count). The van der Waals surface area contributed by atoms with Crippen LogP contribution in [0.4, 0.5) is 4.39 Å². The van der Waals surface area contributed by atoms with Crippen LogP contribution in [-0.4, -0.2) is 0 Å². The Labute approximate surface area is 130 Å². The van der Waals surface area contributed by atoms with Crippen LogP contribution in [0.2, 0.25) is 0 Å².